The van der Waals surface area contributed by atoms with Crippen LogP contribution in [0.3, 0.4) is 0 Å². The number of hydrogen-bond donors (Lipinski definition) is 3. The van der Waals surface area contributed by atoms with Gasteiger partial charge in [-0.25, -0.2) is 0 Å². The molecule has 0 saturated carbocycles. The number of nitrogens with two attached hydrogens (primary N) is 1. The van der Waals surface area contributed by atoms with Crippen LogP contribution < -0.4 is 16.4 Å². The van der Waals surface area contributed by atoms with Gasteiger partial charge in [0, 0.05) is 0 Å². The van der Waals surface area contributed by atoms with Gasteiger partial charge in [0.05, 0.1) is 18.1 Å². The molecule has 2 aromatic carbocycles. The van der Waals surface area contributed by atoms with Gasteiger partial charge in [-0.1, -0.05) is 60.7 Å². The third kappa shape index (κ3) is 5.43. The molecule has 0 heterocycles. The summed E-state index contributed by atoms with van der Waals surface area (Å²) in [6, 6.07) is 19.2. The SMILES string of the molecule is C[C@H](N)C(=O)NCC(=O)NC(C)(Cc1ccccc1)c1ccccc1. The van der Waals surface area contributed by atoms with Crippen LogP contribution in [0.2, 0.25) is 0 Å². The number of benzene rings is 2. The zero-order chi connectivity index (χ0) is 18.3. The van der Waals surface area contributed by atoms with E-state index in [1.165, 1.54) is 0 Å². The molecule has 0 fully saturated rings. The molecule has 5 heteroatoms. The Morgan fingerprint density at radius 2 is 1.60 bits per heavy atom. The van der Waals surface area contributed by atoms with E-state index in [-0.39, 0.29) is 18.4 Å². The number of amides is 2. The molecule has 1 unspecified atom stereocenters. The Hall–Kier alpha value is -2.66. The zero-order valence-electron chi connectivity index (χ0n) is 14.7. The van der Waals surface area contributed by atoms with Gasteiger partial charge in [0.2, 0.25) is 11.8 Å². The normalized spacial score (nSPS) is 14.2. The van der Waals surface area contributed by atoms with Gasteiger partial charge in [0.15, 0.2) is 0 Å². The van der Waals surface area contributed by atoms with Crippen LogP contribution in [0.25, 0.3) is 0 Å². The molecular formula is C20H25N3O2. The summed E-state index contributed by atoms with van der Waals surface area (Å²) in [6.07, 6.45) is 0.644. The van der Waals surface area contributed by atoms with E-state index in [2.05, 4.69) is 10.6 Å². The van der Waals surface area contributed by atoms with Gasteiger partial charge < -0.3 is 16.4 Å². The smallest absolute Gasteiger partial charge is 0.240 e. The lowest BCUT2D eigenvalue weighted by Gasteiger charge is -2.32. The Bertz CT molecular complexity index is 701. The number of hydrogen-bond acceptors (Lipinski definition) is 3. The minimum absolute atomic E-state index is 0.0996. The monoisotopic (exact) mass is 339 g/mol. The Labute approximate surface area is 148 Å². The maximum atomic E-state index is 12.4. The number of nitrogens with one attached hydrogen (secondary N) is 2. The summed E-state index contributed by atoms with van der Waals surface area (Å²) < 4.78 is 0. The molecule has 5 nitrogen and oxygen atoms in total. The molecule has 0 aliphatic heterocycles. The maximum Gasteiger partial charge on any atom is 0.240 e. The van der Waals surface area contributed by atoms with Crippen LogP contribution in [-0.4, -0.2) is 24.4 Å². The predicted octanol–water partition coefficient (Wildman–Crippen LogP) is 1.72. The lowest BCUT2D eigenvalue weighted by atomic mass is 9.85. The van der Waals surface area contributed by atoms with Crippen molar-refractivity contribution in [2.45, 2.75) is 31.8 Å². The van der Waals surface area contributed by atoms with Crippen LogP contribution in [0.1, 0.15) is 25.0 Å². The van der Waals surface area contributed by atoms with E-state index in [0.29, 0.717) is 6.42 Å². The van der Waals surface area contributed by atoms with Gasteiger partial charge in [-0.2, -0.15) is 0 Å². The largest absolute Gasteiger partial charge is 0.346 e. The van der Waals surface area contributed by atoms with Gasteiger partial charge in [-0.05, 0) is 31.4 Å². The van der Waals surface area contributed by atoms with Crippen molar-refractivity contribution in [1.82, 2.24) is 10.6 Å². The average Bonchev–Trinajstić information content (AvgIpc) is 2.61. The van der Waals surface area contributed by atoms with Crippen molar-refractivity contribution in [2.75, 3.05) is 6.54 Å². The zero-order valence-corrected chi connectivity index (χ0v) is 14.7. The van der Waals surface area contributed by atoms with Crippen LogP contribution in [0, 0.1) is 0 Å². The molecular weight excluding hydrogens is 314 g/mol. The summed E-state index contributed by atoms with van der Waals surface area (Å²) in [6.45, 7) is 3.47. The molecule has 25 heavy (non-hydrogen) atoms. The third-order valence-corrected chi connectivity index (χ3v) is 4.06. The number of rotatable bonds is 7. The van der Waals surface area contributed by atoms with Crippen LogP contribution in [-0.2, 0) is 21.5 Å². The molecule has 2 aromatic rings. The third-order valence-electron chi connectivity index (χ3n) is 4.06. The Balaban J connectivity index is 2.15. The van der Waals surface area contributed by atoms with E-state index in [1.54, 1.807) is 6.92 Å². The van der Waals surface area contributed by atoms with Crippen molar-refractivity contribution in [1.29, 1.82) is 0 Å². The van der Waals surface area contributed by atoms with Gasteiger partial charge in [0.1, 0.15) is 0 Å². The minimum Gasteiger partial charge on any atom is -0.346 e. The van der Waals surface area contributed by atoms with Crippen molar-refractivity contribution in [3.8, 4) is 0 Å². The summed E-state index contributed by atoms with van der Waals surface area (Å²) in [4.78, 5) is 23.9. The molecule has 4 N–H and O–H groups in total. The Morgan fingerprint density at radius 1 is 1.04 bits per heavy atom. The lowest BCUT2D eigenvalue weighted by molar-refractivity contribution is -0.127. The molecule has 2 rings (SSSR count). The molecule has 0 aliphatic carbocycles. The summed E-state index contributed by atoms with van der Waals surface area (Å²) in [5.74, 6) is -0.601. The first-order valence-corrected chi connectivity index (χ1v) is 8.34. The molecule has 0 saturated heterocycles. The quantitative estimate of drug-likeness (QED) is 0.718. The highest BCUT2D eigenvalue weighted by atomic mass is 16.2. The van der Waals surface area contributed by atoms with E-state index in [9.17, 15) is 9.59 Å². The van der Waals surface area contributed by atoms with Gasteiger partial charge in [-0.15, -0.1) is 0 Å². The van der Waals surface area contributed by atoms with Crippen molar-refractivity contribution >= 4 is 11.8 Å². The van der Waals surface area contributed by atoms with Crippen molar-refractivity contribution in [2.24, 2.45) is 5.73 Å². The molecule has 132 valence electrons. The van der Waals surface area contributed by atoms with Crippen molar-refractivity contribution in [3.63, 3.8) is 0 Å². The molecule has 0 bridgehead atoms. The first kappa shape index (κ1) is 18.7. The van der Waals surface area contributed by atoms with Gasteiger partial charge >= 0.3 is 0 Å². The van der Waals surface area contributed by atoms with Crippen LogP contribution >= 0.6 is 0 Å². The predicted molar refractivity (Wildman–Crippen MR) is 98.7 cm³/mol. The van der Waals surface area contributed by atoms with Gasteiger partial charge in [0.25, 0.3) is 0 Å². The van der Waals surface area contributed by atoms with Crippen LogP contribution in [0.4, 0.5) is 0 Å². The fourth-order valence-electron chi connectivity index (χ4n) is 2.71. The minimum atomic E-state index is -0.641. The topological polar surface area (TPSA) is 84.2 Å². The highest BCUT2D eigenvalue weighted by Gasteiger charge is 2.29. The van der Waals surface area contributed by atoms with Crippen LogP contribution in [0.5, 0.6) is 0 Å². The second kappa shape index (κ2) is 8.44. The van der Waals surface area contributed by atoms with E-state index in [0.717, 1.165) is 11.1 Å². The highest BCUT2D eigenvalue weighted by molar-refractivity contribution is 5.87. The van der Waals surface area contributed by atoms with E-state index in [4.69, 9.17) is 5.73 Å². The molecule has 0 spiro atoms. The Kier molecular flexibility index (Phi) is 6.31. The van der Waals surface area contributed by atoms with E-state index >= 15 is 0 Å². The van der Waals surface area contributed by atoms with E-state index < -0.39 is 11.6 Å². The first-order chi connectivity index (χ1) is 11.9. The summed E-state index contributed by atoms with van der Waals surface area (Å²) in [5.41, 5.74) is 7.04. The fraction of sp³-hybridized carbons (Fsp3) is 0.300. The summed E-state index contributed by atoms with van der Waals surface area (Å²) >= 11 is 0. The number of carbonyl (C=O) groups excluding carboxylic acids is 2. The van der Waals surface area contributed by atoms with Gasteiger partial charge in [-0.3, -0.25) is 9.59 Å². The molecule has 2 amide bonds. The Morgan fingerprint density at radius 3 is 2.16 bits per heavy atom. The second-order valence-corrected chi connectivity index (χ2v) is 6.42. The molecule has 0 aliphatic rings. The molecule has 0 radical (unpaired) electrons. The summed E-state index contributed by atoms with van der Waals surface area (Å²) in [7, 11) is 0. The first-order valence-electron chi connectivity index (χ1n) is 8.34. The van der Waals surface area contributed by atoms with Crippen molar-refractivity contribution < 1.29 is 9.59 Å². The average molecular weight is 339 g/mol. The second-order valence-electron chi connectivity index (χ2n) is 6.42. The lowest BCUT2D eigenvalue weighted by Crippen LogP contribution is -2.50. The highest BCUT2D eigenvalue weighted by Crippen LogP contribution is 2.25. The summed E-state index contributed by atoms with van der Waals surface area (Å²) in [5, 5.41) is 5.60. The van der Waals surface area contributed by atoms with Crippen LogP contribution in [0.15, 0.2) is 60.7 Å². The van der Waals surface area contributed by atoms with E-state index in [1.807, 2.05) is 67.6 Å². The maximum absolute atomic E-state index is 12.4. The fourth-order valence-corrected chi connectivity index (χ4v) is 2.71. The standard InChI is InChI=1S/C20H25N3O2/c1-15(21)19(25)22-14-18(24)23-20(2,17-11-7-4-8-12-17)13-16-9-5-3-6-10-16/h3-12,15H,13-14,21H2,1-2H3,(H,22,25)(H,23,24)/t15-,20?/m0/s1. The van der Waals surface area contributed by atoms with Crippen molar-refractivity contribution in [3.05, 3.63) is 71.8 Å². The molecule has 2 atom stereocenters. The number of carbonyl (C=O) groups is 2. The molecule has 0 aromatic heterocycles.